The third-order valence-electron chi connectivity index (χ3n) is 4.76. The minimum absolute atomic E-state index is 0.254. The number of fused-ring (bicyclic) bond motifs is 5. The molecule has 0 aliphatic carbocycles. The van der Waals surface area contributed by atoms with Gasteiger partial charge >= 0.3 is 11.9 Å². The summed E-state index contributed by atoms with van der Waals surface area (Å²) in [6.07, 6.45) is 4.14. The summed E-state index contributed by atoms with van der Waals surface area (Å²) in [6, 6.07) is 8.85. The Morgan fingerprint density at radius 3 is 2.68 bits per heavy atom. The third-order valence-corrected chi connectivity index (χ3v) is 6.01. The van der Waals surface area contributed by atoms with Gasteiger partial charge in [0.05, 0.1) is 5.56 Å². The van der Waals surface area contributed by atoms with Gasteiger partial charge < -0.3 is 19.5 Å². The van der Waals surface area contributed by atoms with Crippen LogP contribution < -0.4 is 19.5 Å². The number of esters is 2. The summed E-state index contributed by atoms with van der Waals surface area (Å²) in [5, 5.41) is 2.98. The Bertz CT molecular complexity index is 1070. The van der Waals surface area contributed by atoms with Gasteiger partial charge in [0, 0.05) is 42.3 Å². The maximum Gasteiger partial charge on any atom is 0.336 e. The van der Waals surface area contributed by atoms with E-state index in [-0.39, 0.29) is 22.5 Å². The zero-order chi connectivity index (χ0) is 21.8. The molecule has 2 aliphatic heterocycles. The highest BCUT2D eigenvalue weighted by Crippen LogP contribution is 2.51. The van der Waals surface area contributed by atoms with E-state index in [4.69, 9.17) is 14.2 Å². The molecule has 6 nitrogen and oxygen atoms in total. The van der Waals surface area contributed by atoms with Crippen LogP contribution in [0.15, 0.2) is 55.1 Å². The molecule has 4 rings (SSSR count). The number of rotatable bonds is 6. The largest absolute Gasteiger partial charge is 0.456 e. The van der Waals surface area contributed by atoms with Crippen LogP contribution in [0.1, 0.15) is 16.4 Å². The summed E-state index contributed by atoms with van der Waals surface area (Å²) >= 11 is 1.59. The fourth-order valence-electron chi connectivity index (χ4n) is 3.39. The van der Waals surface area contributed by atoms with Crippen LogP contribution in [-0.2, 0) is 16.0 Å². The second-order valence-electron chi connectivity index (χ2n) is 6.87. The Hall–Kier alpha value is -3.10. The van der Waals surface area contributed by atoms with Crippen LogP contribution in [0.3, 0.4) is 0 Å². The number of halogens is 1. The lowest BCUT2D eigenvalue weighted by molar-refractivity contribution is -0.131. The molecule has 160 valence electrons. The monoisotopic (exact) mass is 441 g/mol. The van der Waals surface area contributed by atoms with Crippen LogP contribution in [0.2, 0.25) is 0 Å². The van der Waals surface area contributed by atoms with Crippen molar-refractivity contribution in [3.8, 4) is 23.0 Å². The number of para-hydroxylation sites is 1. The SMILES string of the molecule is C=CCNCCSC1Cc2ccccc2Oc2cc3c(F)c(c21)OC(=O)/C=C\C(=O)O3. The number of hydrogen-bond acceptors (Lipinski definition) is 7. The van der Waals surface area contributed by atoms with E-state index in [0.717, 1.165) is 30.0 Å². The zero-order valence-corrected chi connectivity index (χ0v) is 17.4. The number of hydrogen-bond donors (Lipinski definition) is 1. The topological polar surface area (TPSA) is 73.9 Å². The van der Waals surface area contributed by atoms with E-state index in [9.17, 15) is 9.59 Å². The fourth-order valence-corrected chi connectivity index (χ4v) is 4.62. The zero-order valence-electron chi connectivity index (χ0n) is 16.6. The average Bonchev–Trinajstić information content (AvgIpc) is 2.89. The Balaban J connectivity index is 1.79. The molecule has 1 unspecified atom stereocenters. The van der Waals surface area contributed by atoms with Crippen molar-refractivity contribution < 1.29 is 28.2 Å². The maximum atomic E-state index is 15.3. The minimum atomic E-state index is -0.908. The van der Waals surface area contributed by atoms with Crippen molar-refractivity contribution in [3.63, 3.8) is 0 Å². The molecule has 8 heteroatoms. The number of carbonyl (C=O) groups is 2. The lowest BCUT2D eigenvalue weighted by atomic mass is 10.0. The number of carbonyl (C=O) groups excluding carboxylic acids is 2. The summed E-state index contributed by atoms with van der Waals surface area (Å²) in [6.45, 7) is 5.09. The van der Waals surface area contributed by atoms with Gasteiger partial charge in [-0.1, -0.05) is 24.3 Å². The standard InChI is InChI=1S/C23H20FNO5S/c1-2-9-25-10-11-31-18-12-14-5-3-4-6-15(14)28-16-13-17-22(24)23(21(16)18)30-20(27)8-7-19(26)29-17/h2-8,13,18,25H,1,9-12H2/b8-7-. The Morgan fingerprint density at radius 2 is 1.87 bits per heavy atom. The summed E-state index contributed by atoms with van der Waals surface area (Å²) in [4.78, 5) is 24.0. The molecule has 0 spiro atoms. The molecule has 2 aromatic rings. The van der Waals surface area contributed by atoms with Crippen molar-refractivity contribution >= 4 is 23.7 Å². The van der Waals surface area contributed by atoms with Crippen LogP contribution >= 0.6 is 11.8 Å². The van der Waals surface area contributed by atoms with Gasteiger partial charge in [-0.25, -0.2) is 9.59 Å². The molecule has 0 radical (unpaired) electrons. The van der Waals surface area contributed by atoms with Crippen LogP contribution in [-0.4, -0.2) is 30.8 Å². The summed E-state index contributed by atoms with van der Waals surface area (Å²) in [7, 11) is 0. The van der Waals surface area contributed by atoms with E-state index in [1.54, 1.807) is 17.8 Å². The average molecular weight is 441 g/mol. The first-order chi connectivity index (χ1) is 15.1. The van der Waals surface area contributed by atoms with Gasteiger partial charge in [-0.2, -0.15) is 16.2 Å². The van der Waals surface area contributed by atoms with E-state index < -0.39 is 17.8 Å². The van der Waals surface area contributed by atoms with Crippen LogP contribution in [0, 0.1) is 5.82 Å². The Kier molecular flexibility index (Phi) is 6.39. The van der Waals surface area contributed by atoms with Gasteiger partial charge in [-0.3, -0.25) is 0 Å². The second kappa shape index (κ2) is 9.36. The quantitative estimate of drug-likeness (QED) is 0.313. The third kappa shape index (κ3) is 4.65. The molecule has 0 saturated carbocycles. The van der Waals surface area contributed by atoms with Crippen molar-refractivity contribution in [1.29, 1.82) is 0 Å². The van der Waals surface area contributed by atoms with E-state index in [1.165, 1.54) is 6.07 Å². The lowest BCUT2D eigenvalue weighted by Gasteiger charge is -2.21. The first-order valence-electron chi connectivity index (χ1n) is 9.74. The van der Waals surface area contributed by atoms with Crippen LogP contribution in [0.5, 0.6) is 23.0 Å². The molecule has 2 aromatic carbocycles. The van der Waals surface area contributed by atoms with Crippen molar-refractivity contribution in [3.05, 3.63) is 72.1 Å². The van der Waals surface area contributed by atoms with E-state index in [1.807, 2.05) is 24.3 Å². The van der Waals surface area contributed by atoms with Crippen molar-refractivity contribution in [2.45, 2.75) is 11.7 Å². The molecular formula is C23H20FNO5S. The van der Waals surface area contributed by atoms with Crippen molar-refractivity contribution in [2.75, 3.05) is 18.8 Å². The number of ether oxygens (including phenoxy) is 3. The molecule has 2 aliphatic rings. The molecule has 1 N–H and O–H groups in total. The number of benzene rings is 2. The van der Waals surface area contributed by atoms with E-state index in [0.29, 0.717) is 24.3 Å². The summed E-state index contributed by atoms with van der Waals surface area (Å²) in [5.41, 5.74) is 1.37. The molecule has 0 amide bonds. The molecule has 31 heavy (non-hydrogen) atoms. The summed E-state index contributed by atoms with van der Waals surface area (Å²) < 4.78 is 31.7. The highest BCUT2D eigenvalue weighted by molar-refractivity contribution is 7.99. The fraction of sp³-hybridized carbons (Fsp3) is 0.217. The van der Waals surface area contributed by atoms with Crippen LogP contribution in [0.4, 0.5) is 4.39 Å². The molecule has 2 bridgehead atoms. The van der Waals surface area contributed by atoms with Gasteiger partial charge in [0.25, 0.3) is 0 Å². The Labute approximate surface area is 183 Å². The molecule has 0 fully saturated rings. The molecule has 0 saturated heterocycles. The van der Waals surface area contributed by atoms with Crippen molar-refractivity contribution in [2.24, 2.45) is 0 Å². The summed E-state index contributed by atoms with van der Waals surface area (Å²) in [5.74, 6) is -1.65. The van der Waals surface area contributed by atoms with Crippen LogP contribution in [0.25, 0.3) is 0 Å². The smallest absolute Gasteiger partial charge is 0.336 e. The van der Waals surface area contributed by atoms with Gasteiger partial charge in [-0.05, 0) is 18.1 Å². The highest BCUT2D eigenvalue weighted by atomic mass is 32.2. The lowest BCUT2D eigenvalue weighted by Crippen LogP contribution is -2.17. The molecule has 1 atom stereocenters. The van der Waals surface area contributed by atoms with Gasteiger partial charge in [-0.15, -0.1) is 6.58 Å². The molecule has 0 aromatic heterocycles. The van der Waals surface area contributed by atoms with Gasteiger partial charge in [0.2, 0.25) is 5.82 Å². The number of thioether (sulfide) groups is 1. The maximum absolute atomic E-state index is 15.3. The minimum Gasteiger partial charge on any atom is -0.456 e. The highest BCUT2D eigenvalue weighted by Gasteiger charge is 2.33. The van der Waals surface area contributed by atoms with Gasteiger partial charge in [0.15, 0.2) is 11.5 Å². The second-order valence-corrected chi connectivity index (χ2v) is 8.18. The number of nitrogens with one attached hydrogen (secondary N) is 1. The van der Waals surface area contributed by atoms with Gasteiger partial charge in [0.1, 0.15) is 11.5 Å². The molecular weight excluding hydrogens is 421 g/mol. The molecule has 2 heterocycles. The first-order valence-corrected chi connectivity index (χ1v) is 10.8. The predicted molar refractivity (Wildman–Crippen MR) is 115 cm³/mol. The predicted octanol–water partition coefficient (Wildman–Crippen LogP) is 4.10. The van der Waals surface area contributed by atoms with E-state index >= 15 is 4.39 Å². The Morgan fingerprint density at radius 1 is 1.10 bits per heavy atom. The van der Waals surface area contributed by atoms with Crippen molar-refractivity contribution in [1.82, 2.24) is 5.32 Å². The van der Waals surface area contributed by atoms with E-state index in [2.05, 4.69) is 11.9 Å². The normalized spacial score (nSPS) is 18.0. The first kappa shape index (κ1) is 21.1.